The van der Waals surface area contributed by atoms with Crippen LogP contribution in [0.15, 0.2) is 18.2 Å². The molecular formula is C18H24N2O5. The van der Waals surface area contributed by atoms with Gasteiger partial charge in [0.05, 0.1) is 5.41 Å². The molecule has 7 nitrogen and oxygen atoms in total. The predicted molar refractivity (Wildman–Crippen MR) is 90.6 cm³/mol. The normalized spacial score (nSPS) is 25.7. The minimum atomic E-state index is -0.969. The third kappa shape index (κ3) is 2.88. The fourth-order valence-corrected chi connectivity index (χ4v) is 3.83. The second-order valence-corrected chi connectivity index (χ2v) is 7.83. The molecule has 0 spiro atoms. The molecule has 2 aliphatic heterocycles. The molecular weight excluding hydrogens is 324 g/mol. The Hall–Kier alpha value is -2.44. The third-order valence-electron chi connectivity index (χ3n) is 5.34. The number of nitrogens with zero attached hydrogens (tertiary/aromatic N) is 1. The first kappa shape index (κ1) is 17.4. The van der Waals surface area contributed by atoms with Crippen molar-refractivity contribution in [3.63, 3.8) is 0 Å². The van der Waals surface area contributed by atoms with Gasteiger partial charge in [0.2, 0.25) is 12.7 Å². The molecule has 1 aromatic rings. The van der Waals surface area contributed by atoms with Gasteiger partial charge in [-0.1, -0.05) is 26.8 Å². The smallest absolute Gasteiger partial charge is 0.407 e. The molecule has 3 rings (SSSR count). The van der Waals surface area contributed by atoms with Crippen molar-refractivity contribution in [1.82, 2.24) is 4.90 Å². The lowest BCUT2D eigenvalue weighted by atomic mass is 9.65. The molecule has 2 amide bonds. The largest absolute Gasteiger partial charge is 0.465 e. The summed E-state index contributed by atoms with van der Waals surface area (Å²) in [5.74, 6) is 0.787. The number of carboxylic acid groups (broad SMARTS) is 1. The summed E-state index contributed by atoms with van der Waals surface area (Å²) in [5, 5.41) is 9.55. The summed E-state index contributed by atoms with van der Waals surface area (Å²) in [6, 6.07) is 5.08. The van der Waals surface area contributed by atoms with Gasteiger partial charge in [0.15, 0.2) is 11.5 Å². The number of likely N-dealkylation sites (tertiary alicyclic amines) is 1. The highest BCUT2D eigenvalue weighted by atomic mass is 16.7. The van der Waals surface area contributed by atoms with Crippen molar-refractivity contribution in [2.75, 3.05) is 13.3 Å². The van der Waals surface area contributed by atoms with Crippen LogP contribution in [0, 0.1) is 5.41 Å². The van der Waals surface area contributed by atoms with Gasteiger partial charge in [-0.05, 0) is 36.0 Å². The molecule has 2 atom stereocenters. The molecule has 1 aromatic carbocycles. The van der Waals surface area contributed by atoms with Crippen LogP contribution in [-0.4, -0.2) is 41.4 Å². The summed E-state index contributed by atoms with van der Waals surface area (Å²) < 4.78 is 10.8. The summed E-state index contributed by atoms with van der Waals surface area (Å²) >= 11 is 0. The van der Waals surface area contributed by atoms with E-state index >= 15 is 0 Å². The van der Waals surface area contributed by atoms with Crippen LogP contribution in [-0.2, 0) is 10.2 Å². The molecule has 0 radical (unpaired) electrons. The predicted octanol–water partition coefficient (Wildman–Crippen LogP) is 2.33. The van der Waals surface area contributed by atoms with Gasteiger partial charge in [0, 0.05) is 12.6 Å². The topological polar surface area (TPSA) is 102 Å². The van der Waals surface area contributed by atoms with Crippen LogP contribution in [0.3, 0.4) is 0 Å². The molecule has 2 unspecified atom stereocenters. The van der Waals surface area contributed by atoms with Crippen LogP contribution in [0.5, 0.6) is 11.5 Å². The summed E-state index contributed by atoms with van der Waals surface area (Å²) in [4.78, 5) is 25.6. The molecule has 136 valence electrons. The van der Waals surface area contributed by atoms with Crippen LogP contribution in [0.2, 0.25) is 0 Å². The Kier molecular flexibility index (Phi) is 4.05. The number of rotatable bonds is 2. The zero-order valence-corrected chi connectivity index (χ0v) is 14.7. The molecule has 1 fully saturated rings. The molecule has 7 heteroatoms. The molecule has 2 heterocycles. The molecule has 0 bridgehead atoms. The fourth-order valence-electron chi connectivity index (χ4n) is 3.83. The standard InChI is InChI=1S/C18H24N2O5/c1-17(2,3)14-9-18(15(19)21,6-7-20(14)16(22)23)11-4-5-12-13(8-11)25-10-24-12/h4-5,8,14H,6-7,9-10H2,1-3H3,(H2,19,21)(H,22,23). The molecule has 2 aliphatic rings. The van der Waals surface area contributed by atoms with Gasteiger partial charge < -0.3 is 25.2 Å². The summed E-state index contributed by atoms with van der Waals surface area (Å²) in [6.07, 6.45) is -0.276. The number of primary amides is 1. The maximum absolute atomic E-state index is 12.5. The summed E-state index contributed by atoms with van der Waals surface area (Å²) in [5.41, 5.74) is 5.33. The maximum Gasteiger partial charge on any atom is 0.407 e. The van der Waals surface area contributed by atoms with Gasteiger partial charge >= 0.3 is 6.09 Å². The molecule has 25 heavy (non-hydrogen) atoms. The molecule has 3 N–H and O–H groups in total. The molecule has 0 aromatic heterocycles. The van der Waals surface area contributed by atoms with Crippen LogP contribution >= 0.6 is 0 Å². The Bertz CT molecular complexity index is 712. The van der Waals surface area contributed by atoms with Crippen molar-refractivity contribution in [2.45, 2.75) is 45.1 Å². The zero-order valence-electron chi connectivity index (χ0n) is 14.7. The van der Waals surface area contributed by atoms with Gasteiger partial charge in [-0.2, -0.15) is 0 Å². The Morgan fingerprint density at radius 3 is 2.56 bits per heavy atom. The Morgan fingerprint density at radius 1 is 1.28 bits per heavy atom. The van der Waals surface area contributed by atoms with Gasteiger partial charge in [-0.15, -0.1) is 0 Å². The highest BCUT2D eigenvalue weighted by Crippen LogP contribution is 2.45. The number of hydrogen-bond acceptors (Lipinski definition) is 4. The number of carbonyl (C=O) groups excluding carboxylic acids is 1. The van der Waals surface area contributed by atoms with Crippen molar-refractivity contribution in [1.29, 1.82) is 0 Å². The lowest BCUT2D eigenvalue weighted by Crippen LogP contribution is -2.59. The van der Waals surface area contributed by atoms with Crippen LogP contribution < -0.4 is 15.2 Å². The minimum absolute atomic E-state index is 0.153. The van der Waals surface area contributed by atoms with E-state index in [1.54, 1.807) is 12.1 Å². The highest BCUT2D eigenvalue weighted by molar-refractivity contribution is 5.87. The van der Waals surface area contributed by atoms with Crippen molar-refractivity contribution in [2.24, 2.45) is 11.1 Å². The average molecular weight is 348 g/mol. The number of hydrogen-bond donors (Lipinski definition) is 2. The van der Waals surface area contributed by atoms with E-state index in [2.05, 4.69) is 0 Å². The minimum Gasteiger partial charge on any atom is -0.465 e. The van der Waals surface area contributed by atoms with E-state index in [0.717, 1.165) is 5.56 Å². The van der Waals surface area contributed by atoms with E-state index in [0.29, 0.717) is 24.3 Å². The van der Waals surface area contributed by atoms with Crippen LogP contribution in [0.1, 0.15) is 39.2 Å². The van der Waals surface area contributed by atoms with E-state index in [1.807, 2.05) is 26.8 Å². The molecule has 0 saturated carbocycles. The van der Waals surface area contributed by atoms with Gasteiger partial charge in [-0.3, -0.25) is 4.79 Å². The molecule has 0 aliphatic carbocycles. The zero-order chi connectivity index (χ0) is 18.4. The second-order valence-electron chi connectivity index (χ2n) is 7.83. The third-order valence-corrected chi connectivity index (χ3v) is 5.34. The van der Waals surface area contributed by atoms with Gasteiger partial charge in [0.25, 0.3) is 0 Å². The number of ether oxygens (including phenoxy) is 2. The van der Waals surface area contributed by atoms with E-state index in [9.17, 15) is 14.7 Å². The SMILES string of the molecule is CC(C)(C)C1CC(C(N)=O)(c2ccc3c(c2)OCO3)CCN1C(=O)O. The van der Waals surface area contributed by atoms with Crippen LogP contribution in [0.25, 0.3) is 0 Å². The average Bonchev–Trinajstić information content (AvgIpc) is 3.00. The number of carbonyl (C=O) groups is 2. The monoisotopic (exact) mass is 348 g/mol. The first-order valence-corrected chi connectivity index (χ1v) is 8.35. The molecule has 1 saturated heterocycles. The number of fused-ring (bicyclic) bond motifs is 1. The Balaban J connectivity index is 2.04. The van der Waals surface area contributed by atoms with E-state index in [4.69, 9.17) is 15.2 Å². The Morgan fingerprint density at radius 2 is 1.96 bits per heavy atom. The first-order valence-electron chi connectivity index (χ1n) is 8.35. The first-order chi connectivity index (χ1) is 11.6. The lowest BCUT2D eigenvalue weighted by molar-refractivity contribution is -0.127. The van der Waals surface area contributed by atoms with Gasteiger partial charge in [0.1, 0.15) is 0 Å². The highest BCUT2D eigenvalue weighted by Gasteiger charge is 2.50. The van der Waals surface area contributed by atoms with E-state index < -0.39 is 17.4 Å². The van der Waals surface area contributed by atoms with Crippen molar-refractivity contribution >= 4 is 12.0 Å². The number of nitrogens with two attached hydrogens (primary N) is 1. The summed E-state index contributed by atoms with van der Waals surface area (Å²) in [7, 11) is 0. The number of piperidine rings is 1. The van der Waals surface area contributed by atoms with Crippen LogP contribution in [0.4, 0.5) is 4.79 Å². The van der Waals surface area contributed by atoms with E-state index in [-0.39, 0.29) is 24.8 Å². The maximum atomic E-state index is 12.5. The van der Waals surface area contributed by atoms with Crippen molar-refractivity contribution in [3.8, 4) is 11.5 Å². The lowest BCUT2D eigenvalue weighted by Gasteiger charge is -2.49. The summed E-state index contributed by atoms with van der Waals surface area (Å²) in [6.45, 7) is 6.34. The quantitative estimate of drug-likeness (QED) is 0.854. The van der Waals surface area contributed by atoms with E-state index in [1.165, 1.54) is 4.90 Å². The second kappa shape index (κ2) is 5.82. The van der Waals surface area contributed by atoms with Crippen molar-refractivity contribution in [3.05, 3.63) is 23.8 Å². The number of benzene rings is 1. The Labute approximate surface area is 146 Å². The fraction of sp³-hybridized carbons (Fsp3) is 0.556. The van der Waals surface area contributed by atoms with Gasteiger partial charge in [-0.25, -0.2) is 4.79 Å². The van der Waals surface area contributed by atoms with Crippen molar-refractivity contribution < 1.29 is 24.2 Å². The number of amides is 2.